The van der Waals surface area contributed by atoms with Crippen molar-refractivity contribution in [2.45, 2.75) is 25.4 Å². The highest BCUT2D eigenvalue weighted by molar-refractivity contribution is 6.09. The quantitative estimate of drug-likeness (QED) is 0.480. The Hall–Kier alpha value is -4.23. The number of benzene rings is 3. The lowest BCUT2D eigenvalue weighted by molar-refractivity contribution is -0.142. The summed E-state index contributed by atoms with van der Waals surface area (Å²) in [5.74, 6) is -1.43. The van der Waals surface area contributed by atoms with Gasteiger partial charge in [-0.15, -0.1) is 0 Å². The Morgan fingerprint density at radius 1 is 0.972 bits per heavy atom. The van der Waals surface area contributed by atoms with Crippen LogP contribution in [0.5, 0.6) is 0 Å². The Morgan fingerprint density at radius 2 is 1.61 bits per heavy atom. The Bertz CT molecular complexity index is 1260. The number of carbonyl (C=O) groups excluding carboxylic acids is 3. The Kier molecular flexibility index (Phi) is 7.92. The second-order valence-electron chi connectivity index (χ2n) is 8.48. The van der Waals surface area contributed by atoms with Gasteiger partial charge in [0.25, 0.3) is 5.91 Å². The maximum absolute atomic E-state index is 13.8. The van der Waals surface area contributed by atoms with Crippen LogP contribution in [-0.4, -0.2) is 43.0 Å². The van der Waals surface area contributed by atoms with Crippen molar-refractivity contribution < 1.29 is 19.1 Å². The zero-order valence-electron chi connectivity index (χ0n) is 20.1. The number of hydrogen-bond donors (Lipinski definition) is 2. The van der Waals surface area contributed by atoms with Gasteiger partial charge in [0.15, 0.2) is 0 Å². The van der Waals surface area contributed by atoms with Gasteiger partial charge in [0.05, 0.1) is 18.3 Å². The number of para-hydroxylation sites is 1. The minimum Gasteiger partial charge on any atom is -0.465 e. The normalized spacial score (nSPS) is 15.8. The summed E-state index contributed by atoms with van der Waals surface area (Å²) in [5, 5.41) is 2.81. The summed E-state index contributed by atoms with van der Waals surface area (Å²) >= 11 is 0. The molecule has 0 saturated carbocycles. The lowest BCUT2D eigenvalue weighted by Crippen LogP contribution is -2.53. The molecular weight excluding hydrogens is 454 g/mol. The summed E-state index contributed by atoms with van der Waals surface area (Å²) in [5.41, 5.74) is 10.1. The predicted octanol–water partition coefficient (Wildman–Crippen LogP) is 3.08. The fraction of sp³-hybridized carbons (Fsp3) is 0.207. The van der Waals surface area contributed by atoms with E-state index in [9.17, 15) is 14.4 Å². The Labute approximate surface area is 210 Å². The first kappa shape index (κ1) is 24.9. The van der Waals surface area contributed by atoms with Crippen LogP contribution in [-0.2, 0) is 25.5 Å². The van der Waals surface area contributed by atoms with E-state index < -0.39 is 29.9 Å². The number of anilines is 1. The lowest BCUT2D eigenvalue weighted by Gasteiger charge is -2.26. The van der Waals surface area contributed by atoms with Gasteiger partial charge in [-0.05, 0) is 42.2 Å². The molecule has 2 atom stereocenters. The van der Waals surface area contributed by atoms with Crippen molar-refractivity contribution in [3.63, 3.8) is 0 Å². The van der Waals surface area contributed by atoms with Gasteiger partial charge in [0.1, 0.15) is 12.6 Å². The van der Waals surface area contributed by atoms with E-state index in [2.05, 4.69) is 5.32 Å². The molecule has 0 fully saturated rings. The third-order valence-corrected chi connectivity index (χ3v) is 5.96. The molecule has 3 aromatic rings. The van der Waals surface area contributed by atoms with Crippen molar-refractivity contribution >= 4 is 29.0 Å². The summed E-state index contributed by atoms with van der Waals surface area (Å²) in [6, 6.07) is 24.5. The largest absolute Gasteiger partial charge is 0.465 e. The number of esters is 1. The first-order valence-electron chi connectivity index (χ1n) is 11.9. The molecule has 0 aliphatic carbocycles. The van der Waals surface area contributed by atoms with Gasteiger partial charge in [-0.2, -0.15) is 0 Å². The number of nitrogens with two attached hydrogens (primary N) is 1. The summed E-state index contributed by atoms with van der Waals surface area (Å²) in [4.78, 5) is 40.7. The van der Waals surface area contributed by atoms with E-state index in [0.717, 1.165) is 22.3 Å². The van der Waals surface area contributed by atoms with Crippen molar-refractivity contribution in [1.82, 2.24) is 5.32 Å². The first-order chi connectivity index (χ1) is 17.5. The fourth-order valence-corrected chi connectivity index (χ4v) is 4.24. The van der Waals surface area contributed by atoms with Crippen LogP contribution >= 0.6 is 0 Å². The molecule has 0 bridgehead atoms. The molecule has 1 unspecified atom stereocenters. The standard InChI is InChI=1S/C29H29N3O4/c1-2-36-27(33)19-32-26-16-10-9-15-22(26)23(21-13-7-4-8-14-21)18-25(29(32)35)31-28(34)24(30)17-20-11-5-3-6-12-20/h3-16,18,24-25H,2,17,19,30H2,1H3,(H,31,34)/t24-,25?/m0/s1. The average molecular weight is 484 g/mol. The number of fused-ring (bicyclic) bond motifs is 1. The molecule has 2 amide bonds. The highest BCUT2D eigenvalue weighted by atomic mass is 16.5. The lowest BCUT2D eigenvalue weighted by atomic mass is 9.95. The van der Waals surface area contributed by atoms with Crippen LogP contribution in [0.4, 0.5) is 5.69 Å². The van der Waals surface area contributed by atoms with Gasteiger partial charge in [-0.25, -0.2) is 0 Å². The van der Waals surface area contributed by atoms with Gasteiger partial charge in [0.2, 0.25) is 5.91 Å². The van der Waals surface area contributed by atoms with Crippen LogP contribution in [0.1, 0.15) is 23.6 Å². The topological polar surface area (TPSA) is 102 Å². The number of nitrogens with one attached hydrogen (secondary N) is 1. The number of nitrogens with zero attached hydrogens (tertiary/aromatic N) is 1. The molecule has 4 rings (SSSR count). The molecule has 1 aliphatic heterocycles. The second kappa shape index (κ2) is 11.5. The first-order valence-corrected chi connectivity index (χ1v) is 11.9. The molecule has 36 heavy (non-hydrogen) atoms. The average Bonchev–Trinajstić information content (AvgIpc) is 3.00. The minimum absolute atomic E-state index is 0.199. The van der Waals surface area contributed by atoms with Crippen LogP contribution in [0.25, 0.3) is 5.57 Å². The van der Waals surface area contributed by atoms with Crippen molar-refractivity contribution in [1.29, 1.82) is 0 Å². The monoisotopic (exact) mass is 483 g/mol. The van der Waals surface area contributed by atoms with E-state index in [0.29, 0.717) is 12.1 Å². The minimum atomic E-state index is -1.03. The summed E-state index contributed by atoms with van der Waals surface area (Å²) in [6.07, 6.45) is 2.06. The maximum Gasteiger partial charge on any atom is 0.326 e. The molecule has 7 heteroatoms. The number of hydrogen-bond acceptors (Lipinski definition) is 5. The van der Waals surface area contributed by atoms with Gasteiger partial charge in [-0.3, -0.25) is 19.3 Å². The zero-order valence-corrected chi connectivity index (χ0v) is 20.1. The molecule has 1 aliphatic rings. The van der Waals surface area contributed by atoms with Crippen molar-refractivity contribution in [3.05, 3.63) is 108 Å². The van der Waals surface area contributed by atoms with E-state index in [1.807, 2.05) is 78.9 Å². The summed E-state index contributed by atoms with van der Waals surface area (Å²) in [7, 11) is 0. The molecule has 0 saturated heterocycles. The van der Waals surface area contributed by atoms with Crippen LogP contribution in [0, 0.1) is 0 Å². The van der Waals surface area contributed by atoms with Gasteiger partial charge in [-0.1, -0.05) is 78.9 Å². The van der Waals surface area contributed by atoms with E-state index in [4.69, 9.17) is 10.5 Å². The maximum atomic E-state index is 13.8. The van der Waals surface area contributed by atoms with Crippen LogP contribution < -0.4 is 16.0 Å². The van der Waals surface area contributed by atoms with Gasteiger partial charge < -0.3 is 15.8 Å². The molecule has 7 nitrogen and oxygen atoms in total. The fourth-order valence-electron chi connectivity index (χ4n) is 4.24. The molecule has 0 aromatic heterocycles. The molecule has 0 spiro atoms. The van der Waals surface area contributed by atoms with E-state index in [1.54, 1.807) is 19.1 Å². The molecule has 0 radical (unpaired) electrons. The van der Waals surface area contributed by atoms with Crippen LogP contribution in [0.2, 0.25) is 0 Å². The molecule has 3 N–H and O–H groups in total. The van der Waals surface area contributed by atoms with Gasteiger partial charge >= 0.3 is 5.97 Å². The Balaban J connectivity index is 1.71. The van der Waals surface area contributed by atoms with Crippen molar-refractivity contribution in [3.8, 4) is 0 Å². The zero-order chi connectivity index (χ0) is 25.5. The number of rotatable bonds is 8. The second-order valence-corrected chi connectivity index (χ2v) is 8.48. The number of ether oxygens (including phenoxy) is 1. The summed E-state index contributed by atoms with van der Waals surface area (Å²) < 4.78 is 5.12. The molecule has 1 heterocycles. The smallest absolute Gasteiger partial charge is 0.326 e. The van der Waals surface area contributed by atoms with Crippen LogP contribution in [0.3, 0.4) is 0 Å². The highest BCUT2D eigenvalue weighted by Crippen LogP contribution is 2.35. The van der Waals surface area contributed by atoms with Crippen molar-refractivity contribution in [2.24, 2.45) is 5.73 Å². The SMILES string of the molecule is CCOC(=O)CN1C(=O)C(NC(=O)[C@@H](N)Cc2ccccc2)C=C(c2ccccc2)c2ccccc21. The Morgan fingerprint density at radius 3 is 2.31 bits per heavy atom. The summed E-state index contributed by atoms with van der Waals surface area (Å²) in [6.45, 7) is 1.63. The van der Waals surface area contributed by atoms with E-state index in [1.165, 1.54) is 4.90 Å². The highest BCUT2D eigenvalue weighted by Gasteiger charge is 2.34. The number of amides is 2. The predicted molar refractivity (Wildman–Crippen MR) is 139 cm³/mol. The molecule has 184 valence electrons. The van der Waals surface area contributed by atoms with Crippen molar-refractivity contribution in [2.75, 3.05) is 18.1 Å². The van der Waals surface area contributed by atoms with E-state index >= 15 is 0 Å². The third-order valence-electron chi connectivity index (χ3n) is 5.96. The van der Waals surface area contributed by atoms with E-state index in [-0.39, 0.29) is 13.2 Å². The number of carbonyl (C=O) groups is 3. The van der Waals surface area contributed by atoms with Gasteiger partial charge in [0, 0.05) is 5.56 Å². The third kappa shape index (κ3) is 5.70. The molecular formula is C29H29N3O4. The van der Waals surface area contributed by atoms with Crippen LogP contribution in [0.15, 0.2) is 91.0 Å². The molecule has 3 aromatic carbocycles.